The molecule has 1 heterocycles. The number of aryl methyl sites for hydroxylation is 2. The Hall–Kier alpha value is -1.77. The summed E-state index contributed by atoms with van der Waals surface area (Å²) in [5.74, 6) is 1.88. The third-order valence-electron chi connectivity index (χ3n) is 3.89. The first kappa shape index (κ1) is 14.2. The van der Waals surface area contributed by atoms with Crippen molar-refractivity contribution in [3.05, 3.63) is 70.1 Å². The predicted molar refractivity (Wildman–Crippen MR) is 88.0 cm³/mol. The van der Waals surface area contributed by atoms with Gasteiger partial charge in [-0.1, -0.05) is 41.9 Å². The van der Waals surface area contributed by atoms with Crippen LogP contribution in [0.3, 0.4) is 0 Å². The van der Waals surface area contributed by atoms with E-state index in [1.807, 2.05) is 39.1 Å². The van der Waals surface area contributed by atoms with Crippen LogP contribution in [-0.2, 0) is 0 Å². The second kappa shape index (κ2) is 5.55. The molecule has 0 radical (unpaired) electrons. The van der Waals surface area contributed by atoms with Crippen molar-refractivity contribution in [3.8, 4) is 0 Å². The van der Waals surface area contributed by atoms with Crippen molar-refractivity contribution in [1.29, 1.82) is 0 Å². The standard InChI is InChI=1S/C18H18ClNO/c1-11-10-16(12(2)21-11)18(20-3)15-8-9-17(19)14-7-5-4-6-13(14)15/h4-10,18,20H,1-3H3. The van der Waals surface area contributed by atoms with E-state index in [1.54, 1.807) is 0 Å². The van der Waals surface area contributed by atoms with E-state index in [9.17, 15) is 0 Å². The Bertz CT molecular complexity index is 791. The average molecular weight is 300 g/mol. The van der Waals surface area contributed by atoms with Crippen LogP contribution >= 0.6 is 11.6 Å². The summed E-state index contributed by atoms with van der Waals surface area (Å²) in [4.78, 5) is 0. The Morgan fingerprint density at radius 1 is 1.00 bits per heavy atom. The molecule has 1 aromatic heterocycles. The minimum atomic E-state index is 0.0876. The van der Waals surface area contributed by atoms with Gasteiger partial charge in [0, 0.05) is 16.0 Å². The highest BCUT2D eigenvalue weighted by atomic mass is 35.5. The number of hydrogen-bond donors (Lipinski definition) is 1. The van der Waals surface area contributed by atoms with Gasteiger partial charge in [-0.2, -0.15) is 0 Å². The summed E-state index contributed by atoms with van der Waals surface area (Å²) in [6, 6.07) is 14.5. The van der Waals surface area contributed by atoms with Crippen molar-refractivity contribution >= 4 is 22.4 Å². The first-order chi connectivity index (χ1) is 10.1. The van der Waals surface area contributed by atoms with E-state index >= 15 is 0 Å². The molecule has 1 N–H and O–H groups in total. The molecule has 108 valence electrons. The average Bonchev–Trinajstić information content (AvgIpc) is 2.81. The minimum absolute atomic E-state index is 0.0876. The zero-order chi connectivity index (χ0) is 15.0. The number of rotatable bonds is 3. The molecule has 0 amide bonds. The van der Waals surface area contributed by atoms with Crippen LogP contribution in [0.2, 0.25) is 5.02 Å². The van der Waals surface area contributed by atoms with Crippen LogP contribution in [0.4, 0.5) is 0 Å². The molecule has 0 bridgehead atoms. The van der Waals surface area contributed by atoms with Gasteiger partial charge >= 0.3 is 0 Å². The highest BCUT2D eigenvalue weighted by Crippen LogP contribution is 2.34. The number of hydrogen-bond acceptors (Lipinski definition) is 2. The van der Waals surface area contributed by atoms with Crippen molar-refractivity contribution in [2.75, 3.05) is 7.05 Å². The molecule has 3 heteroatoms. The summed E-state index contributed by atoms with van der Waals surface area (Å²) in [6.45, 7) is 3.98. The monoisotopic (exact) mass is 299 g/mol. The van der Waals surface area contributed by atoms with Crippen molar-refractivity contribution in [3.63, 3.8) is 0 Å². The molecule has 0 spiro atoms. The van der Waals surface area contributed by atoms with Crippen LogP contribution < -0.4 is 5.32 Å². The molecule has 0 aliphatic carbocycles. The Balaban J connectivity index is 2.22. The molecule has 0 aliphatic heterocycles. The van der Waals surface area contributed by atoms with Gasteiger partial charge in [0.15, 0.2) is 0 Å². The van der Waals surface area contributed by atoms with Crippen molar-refractivity contribution in [2.24, 2.45) is 0 Å². The molecule has 1 unspecified atom stereocenters. The van der Waals surface area contributed by atoms with E-state index in [2.05, 4.69) is 29.6 Å². The number of fused-ring (bicyclic) bond motifs is 1. The fraction of sp³-hybridized carbons (Fsp3) is 0.222. The van der Waals surface area contributed by atoms with Crippen LogP contribution in [0.5, 0.6) is 0 Å². The number of nitrogens with one attached hydrogen (secondary N) is 1. The van der Waals surface area contributed by atoms with E-state index in [4.69, 9.17) is 16.0 Å². The van der Waals surface area contributed by atoms with Gasteiger partial charge in [-0.3, -0.25) is 0 Å². The van der Waals surface area contributed by atoms with E-state index in [1.165, 1.54) is 16.5 Å². The topological polar surface area (TPSA) is 25.2 Å². The van der Waals surface area contributed by atoms with Gasteiger partial charge in [-0.05, 0) is 44.0 Å². The number of halogens is 1. The fourth-order valence-electron chi connectivity index (χ4n) is 2.95. The lowest BCUT2D eigenvalue weighted by atomic mass is 9.94. The molecular formula is C18H18ClNO. The van der Waals surface area contributed by atoms with Crippen LogP contribution in [0.15, 0.2) is 46.9 Å². The van der Waals surface area contributed by atoms with Crippen LogP contribution in [-0.4, -0.2) is 7.05 Å². The van der Waals surface area contributed by atoms with Gasteiger partial charge in [-0.15, -0.1) is 0 Å². The fourth-order valence-corrected chi connectivity index (χ4v) is 3.18. The normalized spacial score (nSPS) is 12.8. The summed E-state index contributed by atoms with van der Waals surface area (Å²) in [7, 11) is 1.97. The molecule has 1 atom stereocenters. The number of benzene rings is 2. The molecule has 0 fully saturated rings. The maximum Gasteiger partial charge on any atom is 0.106 e. The summed E-state index contributed by atoms with van der Waals surface area (Å²) >= 11 is 6.32. The quantitative estimate of drug-likeness (QED) is 0.735. The Morgan fingerprint density at radius 3 is 2.33 bits per heavy atom. The Morgan fingerprint density at radius 2 is 1.71 bits per heavy atom. The predicted octanol–water partition coefficient (Wildman–Crippen LogP) is 5.01. The molecule has 0 aliphatic rings. The number of furan rings is 1. The molecular weight excluding hydrogens is 282 g/mol. The SMILES string of the molecule is CNC(c1cc(C)oc1C)c1ccc(Cl)c2ccccc12. The summed E-state index contributed by atoms with van der Waals surface area (Å²) < 4.78 is 5.69. The van der Waals surface area contributed by atoms with Crippen molar-refractivity contribution in [2.45, 2.75) is 19.9 Å². The van der Waals surface area contributed by atoms with Gasteiger partial charge in [0.25, 0.3) is 0 Å². The molecule has 2 aromatic carbocycles. The van der Waals surface area contributed by atoms with Gasteiger partial charge in [0.1, 0.15) is 11.5 Å². The lowest BCUT2D eigenvalue weighted by molar-refractivity contribution is 0.497. The third-order valence-corrected chi connectivity index (χ3v) is 4.22. The van der Waals surface area contributed by atoms with Crippen molar-refractivity contribution in [1.82, 2.24) is 5.32 Å². The van der Waals surface area contributed by atoms with Gasteiger partial charge in [-0.25, -0.2) is 0 Å². The lowest BCUT2D eigenvalue weighted by Crippen LogP contribution is -2.18. The van der Waals surface area contributed by atoms with E-state index in [0.717, 1.165) is 21.9 Å². The molecule has 3 aromatic rings. The summed E-state index contributed by atoms with van der Waals surface area (Å²) in [5, 5.41) is 6.43. The molecule has 21 heavy (non-hydrogen) atoms. The minimum Gasteiger partial charge on any atom is -0.466 e. The first-order valence-corrected chi connectivity index (χ1v) is 7.41. The second-order valence-corrected chi connectivity index (χ2v) is 5.68. The van der Waals surface area contributed by atoms with E-state index in [-0.39, 0.29) is 6.04 Å². The molecule has 0 saturated carbocycles. The van der Waals surface area contributed by atoms with Crippen molar-refractivity contribution < 1.29 is 4.42 Å². The lowest BCUT2D eigenvalue weighted by Gasteiger charge is -2.19. The molecule has 2 nitrogen and oxygen atoms in total. The molecule has 3 rings (SSSR count). The Kier molecular flexibility index (Phi) is 3.75. The smallest absolute Gasteiger partial charge is 0.106 e. The maximum atomic E-state index is 6.32. The van der Waals surface area contributed by atoms with E-state index in [0.29, 0.717) is 0 Å². The highest BCUT2D eigenvalue weighted by Gasteiger charge is 2.20. The molecule has 0 saturated heterocycles. The van der Waals surface area contributed by atoms with Crippen LogP contribution in [0, 0.1) is 13.8 Å². The third kappa shape index (κ3) is 2.45. The second-order valence-electron chi connectivity index (χ2n) is 5.27. The summed E-state index contributed by atoms with van der Waals surface area (Å²) in [6.07, 6.45) is 0. The highest BCUT2D eigenvalue weighted by molar-refractivity contribution is 6.35. The largest absolute Gasteiger partial charge is 0.466 e. The Labute approximate surface area is 129 Å². The zero-order valence-corrected chi connectivity index (χ0v) is 13.2. The summed E-state index contributed by atoms with van der Waals surface area (Å²) in [5.41, 5.74) is 2.38. The van der Waals surface area contributed by atoms with E-state index < -0.39 is 0 Å². The zero-order valence-electron chi connectivity index (χ0n) is 12.4. The van der Waals surface area contributed by atoms with Gasteiger partial charge in [0.2, 0.25) is 0 Å². The van der Waals surface area contributed by atoms with Gasteiger partial charge in [0.05, 0.1) is 6.04 Å². The van der Waals surface area contributed by atoms with Crippen LogP contribution in [0.1, 0.15) is 28.7 Å². The van der Waals surface area contributed by atoms with Crippen LogP contribution in [0.25, 0.3) is 10.8 Å². The first-order valence-electron chi connectivity index (χ1n) is 7.03. The maximum absolute atomic E-state index is 6.32. The van der Waals surface area contributed by atoms with Gasteiger partial charge < -0.3 is 9.73 Å².